The molecule has 0 fully saturated rings. The van der Waals surface area contributed by atoms with E-state index in [9.17, 15) is 23.1 Å². The fourth-order valence-electron chi connectivity index (χ4n) is 2.37. The molecule has 142 valence electrons. The third-order valence-electron chi connectivity index (χ3n) is 4.01. The molecule has 2 N–H and O–H groups in total. The number of anilines is 1. The first-order valence-corrected chi connectivity index (χ1v) is 8.72. The molecule has 0 spiro atoms. The molecular weight excluding hydrogens is 425 g/mol. The summed E-state index contributed by atoms with van der Waals surface area (Å²) >= 11 is 3.31. The van der Waals surface area contributed by atoms with E-state index in [4.69, 9.17) is 5.26 Å². The fourth-order valence-corrected chi connectivity index (χ4v) is 2.64. The van der Waals surface area contributed by atoms with Gasteiger partial charge in [0.1, 0.15) is 5.60 Å². The van der Waals surface area contributed by atoms with E-state index < -0.39 is 28.8 Å². The number of nitrogens with one attached hydrogen (secondary N) is 1. The maximum Gasteiger partial charge on any atom is 0.417 e. The average molecular weight is 441 g/mol. The number of carbonyl (C=O) groups excluding carboxylic acids is 1. The molecule has 2 aromatic carbocycles. The highest BCUT2D eigenvalue weighted by Crippen LogP contribution is 2.33. The van der Waals surface area contributed by atoms with Crippen LogP contribution in [0.15, 0.2) is 46.9 Å². The maximum absolute atomic E-state index is 13.0. The molecule has 0 bridgehead atoms. The highest BCUT2D eigenvalue weighted by atomic mass is 79.9. The second kappa shape index (κ2) is 8.11. The van der Waals surface area contributed by atoms with Gasteiger partial charge in [0.2, 0.25) is 0 Å². The van der Waals surface area contributed by atoms with Crippen LogP contribution >= 0.6 is 15.9 Å². The van der Waals surface area contributed by atoms with Crippen LogP contribution in [0.3, 0.4) is 0 Å². The van der Waals surface area contributed by atoms with Crippen LogP contribution in [-0.4, -0.2) is 16.6 Å². The normalized spacial score (nSPS) is 13.5. The number of aryl methyl sites for hydroxylation is 1. The number of halogens is 4. The molecule has 0 saturated heterocycles. The van der Waals surface area contributed by atoms with Gasteiger partial charge in [-0.25, -0.2) is 0 Å². The molecule has 27 heavy (non-hydrogen) atoms. The van der Waals surface area contributed by atoms with E-state index >= 15 is 0 Å². The molecule has 0 aromatic heterocycles. The van der Waals surface area contributed by atoms with Crippen LogP contribution in [0.5, 0.6) is 0 Å². The Morgan fingerprint density at radius 1 is 1.22 bits per heavy atom. The lowest BCUT2D eigenvalue weighted by molar-refractivity contribution is -0.138. The van der Waals surface area contributed by atoms with Crippen molar-refractivity contribution in [3.63, 3.8) is 0 Å². The van der Waals surface area contributed by atoms with E-state index in [0.29, 0.717) is 12.5 Å². The van der Waals surface area contributed by atoms with Gasteiger partial charge >= 0.3 is 6.18 Å². The molecule has 0 saturated carbocycles. The minimum absolute atomic E-state index is 0.0862. The number of nitriles is 1. The predicted octanol–water partition coefficient (Wildman–Crippen LogP) is 4.66. The van der Waals surface area contributed by atoms with Crippen LogP contribution in [-0.2, 0) is 17.4 Å². The summed E-state index contributed by atoms with van der Waals surface area (Å²) in [4.78, 5) is 12.3. The average Bonchev–Trinajstić information content (AvgIpc) is 2.60. The van der Waals surface area contributed by atoms with Gasteiger partial charge in [-0.05, 0) is 55.7 Å². The van der Waals surface area contributed by atoms with E-state index in [1.54, 1.807) is 0 Å². The molecule has 0 unspecified atom stereocenters. The number of amides is 1. The first kappa shape index (κ1) is 20.9. The number of benzene rings is 2. The van der Waals surface area contributed by atoms with Crippen LogP contribution in [0, 0.1) is 11.3 Å². The maximum atomic E-state index is 13.0. The predicted molar refractivity (Wildman–Crippen MR) is 97.9 cm³/mol. The number of rotatable bonds is 5. The summed E-state index contributed by atoms with van der Waals surface area (Å²) in [5.41, 5.74) is -2.70. The lowest BCUT2D eigenvalue weighted by Crippen LogP contribution is -2.40. The Morgan fingerprint density at radius 3 is 2.41 bits per heavy atom. The first-order valence-electron chi connectivity index (χ1n) is 7.92. The van der Waals surface area contributed by atoms with Crippen molar-refractivity contribution in [1.82, 2.24) is 0 Å². The largest absolute Gasteiger partial charge is 0.417 e. The summed E-state index contributed by atoms with van der Waals surface area (Å²) in [5.74, 6) is -0.822. The SMILES string of the molecule is C[C@](O)(CCc1ccc(Br)cc1)C(=O)Nc1ccc(C#N)c(C(F)(F)F)c1. The van der Waals surface area contributed by atoms with Crippen LogP contribution in [0.4, 0.5) is 18.9 Å². The van der Waals surface area contributed by atoms with Crippen LogP contribution in [0.2, 0.25) is 0 Å². The van der Waals surface area contributed by atoms with Crippen molar-refractivity contribution in [2.45, 2.75) is 31.5 Å². The van der Waals surface area contributed by atoms with Gasteiger partial charge in [0.15, 0.2) is 0 Å². The third kappa shape index (κ3) is 5.55. The van der Waals surface area contributed by atoms with Crippen molar-refractivity contribution >= 4 is 27.5 Å². The Morgan fingerprint density at radius 2 is 1.85 bits per heavy atom. The van der Waals surface area contributed by atoms with Crippen LogP contribution < -0.4 is 5.32 Å². The fraction of sp³-hybridized carbons (Fsp3) is 0.263. The molecule has 1 amide bonds. The van der Waals surface area contributed by atoms with Crippen molar-refractivity contribution in [3.8, 4) is 6.07 Å². The summed E-state index contributed by atoms with van der Waals surface area (Å²) in [5, 5.41) is 21.5. The molecule has 0 aliphatic heterocycles. The van der Waals surface area contributed by atoms with Gasteiger partial charge in [-0.15, -0.1) is 0 Å². The summed E-state index contributed by atoms with van der Waals surface area (Å²) in [6.45, 7) is 1.30. The highest BCUT2D eigenvalue weighted by Gasteiger charge is 2.35. The number of alkyl halides is 3. The Labute approximate surface area is 162 Å². The summed E-state index contributed by atoms with van der Waals surface area (Å²) in [6, 6.07) is 11.7. The number of aliphatic hydroxyl groups is 1. The monoisotopic (exact) mass is 440 g/mol. The van der Waals surface area contributed by atoms with E-state index in [1.165, 1.54) is 19.1 Å². The number of carbonyl (C=O) groups is 1. The Balaban J connectivity index is 2.11. The van der Waals surface area contributed by atoms with Crippen molar-refractivity contribution in [1.29, 1.82) is 5.26 Å². The van der Waals surface area contributed by atoms with Gasteiger partial charge in [0, 0.05) is 10.2 Å². The van der Waals surface area contributed by atoms with Crippen molar-refractivity contribution < 1.29 is 23.1 Å². The zero-order valence-corrected chi connectivity index (χ0v) is 15.9. The third-order valence-corrected chi connectivity index (χ3v) is 4.53. The zero-order chi connectivity index (χ0) is 20.2. The van der Waals surface area contributed by atoms with Crippen molar-refractivity contribution in [3.05, 3.63) is 63.6 Å². The molecule has 0 heterocycles. The minimum atomic E-state index is -4.73. The molecule has 2 aromatic rings. The first-order chi connectivity index (χ1) is 12.5. The van der Waals surface area contributed by atoms with Crippen molar-refractivity contribution in [2.75, 3.05) is 5.32 Å². The highest BCUT2D eigenvalue weighted by molar-refractivity contribution is 9.10. The van der Waals surface area contributed by atoms with Gasteiger partial charge in [-0.2, -0.15) is 18.4 Å². The van der Waals surface area contributed by atoms with Crippen molar-refractivity contribution in [2.24, 2.45) is 0 Å². The lowest BCUT2D eigenvalue weighted by atomic mass is 9.95. The van der Waals surface area contributed by atoms with Gasteiger partial charge in [-0.1, -0.05) is 28.1 Å². The second-order valence-electron chi connectivity index (χ2n) is 6.22. The molecule has 1 atom stereocenters. The minimum Gasteiger partial charge on any atom is -0.380 e. The van der Waals surface area contributed by atoms with E-state index in [2.05, 4.69) is 21.2 Å². The van der Waals surface area contributed by atoms with E-state index in [1.807, 2.05) is 24.3 Å². The van der Waals surface area contributed by atoms with Gasteiger partial charge in [0.05, 0.1) is 17.2 Å². The summed E-state index contributed by atoms with van der Waals surface area (Å²) in [7, 11) is 0. The van der Waals surface area contributed by atoms with E-state index in [-0.39, 0.29) is 12.1 Å². The Kier molecular flexibility index (Phi) is 6.29. The van der Waals surface area contributed by atoms with Gasteiger partial charge in [0.25, 0.3) is 5.91 Å². The zero-order valence-electron chi connectivity index (χ0n) is 14.3. The summed E-state index contributed by atoms with van der Waals surface area (Å²) in [6.07, 6.45) is -4.23. The molecular formula is C19H16BrF3N2O2. The quantitative estimate of drug-likeness (QED) is 0.709. The standard InChI is InChI=1S/C19H16BrF3N2O2/c1-18(27,9-8-12-2-5-14(20)6-3-12)17(26)25-15-7-4-13(11-24)16(10-15)19(21,22)23/h2-7,10,27H,8-9H2,1H3,(H,25,26)/t18-/m0/s1. The molecule has 8 heteroatoms. The smallest absolute Gasteiger partial charge is 0.380 e. The number of nitrogens with zero attached hydrogens (tertiary/aromatic N) is 1. The second-order valence-corrected chi connectivity index (χ2v) is 7.14. The van der Waals surface area contributed by atoms with Crippen LogP contribution in [0.25, 0.3) is 0 Å². The number of hydrogen-bond donors (Lipinski definition) is 2. The summed E-state index contributed by atoms with van der Waals surface area (Å²) < 4.78 is 39.9. The van der Waals surface area contributed by atoms with E-state index in [0.717, 1.165) is 16.1 Å². The Hall–Kier alpha value is -2.37. The molecule has 0 radical (unpaired) electrons. The molecule has 0 aliphatic carbocycles. The van der Waals surface area contributed by atoms with Gasteiger partial charge in [-0.3, -0.25) is 4.79 Å². The Bertz CT molecular complexity index is 872. The molecule has 0 aliphatic rings. The number of hydrogen-bond acceptors (Lipinski definition) is 3. The topological polar surface area (TPSA) is 73.1 Å². The van der Waals surface area contributed by atoms with Gasteiger partial charge < -0.3 is 10.4 Å². The van der Waals surface area contributed by atoms with Crippen LogP contribution in [0.1, 0.15) is 30.0 Å². The molecule has 4 nitrogen and oxygen atoms in total. The lowest BCUT2D eigenvalue weighted by Gasteiger charge is -2.23. The molecule has 2 rings (SSSR count).